The molecule has 1 aliphatic heterocycles. The van der Waals surface area contributed by atoms with E-state index in [9.17, 15) is 0 Å². The molecule has 0 aliphatic carbocycles. The number of nitriles is 1. The number of aromatic nitrogens is 1. The minimum absolute atomic E-state index is 0.369. The molecular formula is C11H12IN2O+. The molecule has 2 rings (SSSR count). The Balaban J connectivity index is 2.67. The van der Waals surface area contributed by atoms with Gasteiger partial charge in [0.05, 0.1) is 4.43 Å². The third kappa shape index (κ3) is 1.59. The Kier molecular flexibility index (Phi) is 2.83. The number of ether oxygens (including phenoxy) is 1. The lowest BCUT2D eigenvalue weighted by atomic mass is 10.1. The fraction of sp³-hybridized carbons (Fsp3) is 0.455. The van der Waals surface area contributed by atoms with E-state index in [1.165, 1.54) is 5.69 Å². The Bertz CT molecular complexity index is 451. The molecular weight excluding hydrogens is 303 g/mol. The van der Waals surface area contributed by atoms with Crippen LogP contribution in [0.3, 0.4) is 0 Å². The van der Waals surface area contributed by atoms with Gasteiger partial charge in [-0.05, 0) is 12.5 Å². The van der Waals surface area contributed by atoms with Gasteiger partial charge in [0.15, 0.2) is 17.9 Å². The number of halogens is 1. The molecule has 4 heteroatoms. The Morgan fingerprint density at radius 1 is 1.67 bits per heavy atom. The topological polar surface area (TPSA) is 36.9 Å². The zero-order valence-electron chi connectivity index (χ0n) is 8.75. The van der Waals surface area contributed by atoms with Crippen LogP contribution in [0.1, 0.15) is 22.9 Å². The van der Waals surface area contributed by atoms with Crippen molar-refractivity contribution in [2.75, 3.05) is 11.0 Å². The second-order valence-corrected chi connectivity index (χ2v) is 4.63. The van der Waals surface area contributed by atoms with Crippen LogP contribution in [0.15, 0.2) is 6.07 Å². The van der Waals surface area contributed by atoms with Gasteiger partial charge in [0.2, 0.25) is 6.04 Å². The summed E-state index contributed by atoms with van der Waals surface area (Å²) in [5.74, 6) is 0.747. The molecule has 0 radical (unpaired) electrons. The fourth-order valence-corrected chi connectivity index (χ4v) is 2.65. The molecule has 0 bridgehead atoms. The van der Waals surface area contributed by atoms with Crippen molar-refractivity contribution in [3.8, 4) is 11.9 Å². The Morgan fingerprint density at radius 2 is 2.40 bits per heavy atom. The van der Waals surface area contributed by atoms with Gasteiger partial charge in [-0.25, -0.2) is 0 Å². The van der Waals surface area contributed by atoms with Gasteiger partial charge in [-0.3, -0.25) is 0 Å². The van der Waals surface area contributed by atoms with Gasteiger partial charge < -0.3 is 4.74 Å². The van der Waals surface area contributed by atoms with Crippen molar-refractivity contribution in [2.45, 2.75) is 19.9 Å². The minimum atomic E-state index is 0.369. The second-order valence-electron chi connectivity index (χ2n) is 3.75. The second kappa shape index (κ2) is 3.97. The van der Waals surface area contributed by atoms with Gasteiger partial charge in [0, 0.05) is 13.0 Å². The van der Waals surface area contributed by atoms with Gasteiger partial charge in [0.25, 0.3) is 0 Å². The molecule has 1 unspecified atom stereocenters. The van der Waals surface area contributed by atoms with Crippen molar-refractivity contribution in [1.82, 2.24) is 0 Å². The predicted octanol–water partition coefficient (Wildman–Crippen LogP) is 1.83. The van der Waals surface area contributed by atoms with E-state index in [2.05, 4.69) is 46.2 Å². The number of rotatable bonds is 1. The normalized spacial score (nSPS) is 18.1. The van der Waals surface area contributed by atoms with Crippen molar-refractivity contribution in [3.63, 3.8) is 0 Å². The maximum Gasteiger partial charge on any atom is 0.387 e. The summed E-state index contributed by atoms with van der Waals surface area (Å²) in [5, 5.41) is 9.09. The Hall–Kier alpha value is -0.830. The molecule has 0 saturated heterocycles. The first-order valence-electron chi connectivity index (χ1n) is 4.83. The molecule has 1 aliphatic rings. The summed E-state index contributed by atoms with van der Waals surface area (Å²) in [5.41, 5.74) is 2.84. The monoisotopic (exact) mass is 315 g/mol. The number of hydrogen-bond acceptors (Lipinski definition) is 2. The summed E-state index contributed by atoms with van der Waals surface area (Å²) in [6, 6.07) is 4.64. The van der Waals surface area contributed by atoms with Crippen molar-refractivity contribution in [2.24, 2.45) is 0 Å². The third-order valence-electron chi connectivity index (χ3n) is 2.70. The van der Waals surface area contributed by atoms with Crippen LogP contribution < -0.4 is 9.30 Å². The van der Waals surface area contributed by atoms with Crippen LogP contribution >= 0.6 is 22.6 Å². The standard InChI is InChI=1S/C11H12IN2O/c1-7-3-8(2)14-9(4-12)6-15-11(14)10(7)5-13/h3,9H,4,6H2,1-2H3/q+1. The Morgan fingerprint density at radius 3 is 3.00 bits per heavy atom. The van der Waals surface area contributed by atoms with E-state index >= 15 is 0 Å². The molecule has 2 heterocycles. The molecule has 0 amide bonds. The van der Waals surface area contributed by atoms with Gasteiger partial charge >= 0.3 is 5.88 Å². The molecule has 3 nitrogen and oxygen atoms in total. The van der Waals surface area contributed by atoms with E-state index in [1.807, 2.05) is 6.92 Å². The summed E-state index contributed by atoms with van der Waals surface area (Å²) < 4.78 is 8.76. The number of pyridine rings is 1. The first kappa shape index (κ1) is 10.7. The molecule has 1 aromatic rings. The van der Waals surface area contributed by atoms with Crippen LogP contribution in [0.25, 0.3) is 0 Å². The number of nitrogens with zero attached hydrogens (tertiary/aromatic N) is 2. The maximum atomic E-state index is 9.09. The lowest BCUT2D eigenvalue weighted by Gasteiger charge is -2.04. The number of fused-ring (bicyclic) bond motifs is 1. The molecule has 78 valence electrons. The highest BCUT2D eigenvalue weighted by Gasteiger charge is 2.36. The quantitative estimate of drug-likeness (QED) is 0.450. The van der Waals surface area contributed by atoms with Crippen molar-refractivity contribution < 1.29 is 9.30 Å². The summed E-state index contributed by atoms with van der Waals surface area (Å²) in [6.45, 7) is 4.70. The molecule has 1 aromatic heterocycles. The van der Waals surface area contributed by atoms with Crippen molar-refractivity contribution >= 4 is 22.6 Å². The zero-order chi connectivity index (χ0) is 11.0. The Labute approximate surface area is 103 Å². The summed E-state index contributed by atoms with van der Waals surface area (Å²) >= 11 is 2.35. The van der Waals surface area contributed by atoms with Crippen LogP contribution in [-0.2, 0) is 0 Å². The lowest BCUT2D eigenvalue weighted by molar-refractivity contribution is -0.705. The lowest BCUT2D eigenvalue weighted by Crippen LogP contribution is -2.40. The van der Waals surface area contributed by atoms with Gasteiger partial charge in [-0.2, -0.15) is 9.83 Å². The van der Waals surface area contributed by atoms with Crippen molar-refractivity contribution in [1.29, 1.82) is 5.26 Å². The highest BCUT2D eigenvalue weighted by atomic mass is 127. The smallest absolute Gasteiger partial charge is 0.387 e. The molecule has 0 fully saturated rings. The molecule has 0 spiro atoms. The first-order valence-corrected chi connectivity index (χ1v) is 6.36. The van der Waals surface area contributed by atoms with E-state index in [0.717, 1.165) is 15.9 Å². The number of alkyl halides is 1. The van der Waals surface area contributed by atoms with Crippen LogP contribution in [0.5, 0.6) is 5.88 Å². The third-order valence-corrected chi connectivity index (χ3v) is 3.72. The first-order chi connectivity index (χ1) is 7.19. The summed E-state index contributed by atoms with van der Waals surface area (Å²) in [6.07, 6.45) is 0. The molecule has 1 atom stereocenters. The number of hydrogen-bond donors (Lipinski definition) is 0. The predicted molar refractivity (Wildman–Crippen MR) is 64.2 cm³/mol. The SMILES string of the molecule is Cc1cc(C)[n+]2c(c1C#N)OCC2CI. The van der Waals surface area contributed by atoms with Crippen LogP contribution in [0.2, 0.25) is 0 Å². The highest BCUT2D eigenvalue weighted by molar-refractivity contribution is 14.1. The van der Waals surface area contributed by atoms with E-state index < -0.39 is 0 Å². The van der Waals surface area contributed by atoms with Gasteiger partial charge in [-0.15, -0.1) is 0 Å². The van der Waals surface area contributed by atoms with Gasteiger partial charge in [0.1, 0.15) is 6.07 Å². The average Bonchev–Trinajstić information content (AvgIpc) is 2.62. The summed E-state index contributed by atoms with van der Waals surface area (Å²) in [4.78, 5) is 0. The maximum absolute atomic E-state index is 9.09. The van der Waals surface area contributed by atoms with Crippen molar-refractivity contribution in [3.05, 3.63) is 22.9 Å². The van der Waals surface area contributed by atoms with Crippen LogP contribution in [0.4, 0.5) is 0 Å². The zero-order valence-corrected chi connectivity index (χ0v) is 10.9. The van der Waals surface area contributed by atoms with Crippen LogP contribution in [-0.4, -0.2) is 11.0 Å². The molecule has 15 heavy (non-hydrogen) atoms. The average molecular weight is 315 g/mol. The van der Waals surface area contributed by atoms with E-state index in [1.54, 1.807) is 0 Å². The summed E-state index contributed by atoms with van der Waals surface area (Å²) in [7, 11) is 0. The highest BCUT2D eigenvalue weighted by Crippen LogP contribution is 2.26. The molecule has 0 N–H and O–H groups in total. The number of aryl methyl sites for hydroxylation is 2. The van der Waals surface area contributed by atoms with Gasteiger partial charge in [-0.1, -0.05) is 22.6 Å². The van der Waals surface area contributed by atoms with E-state index in [0.29, 0.717) is 18.2 Å². The fourth-order valence-electron chi connectivity index (χ4n) is 2.00. The van der Waals surface area contributed by atoms with E-state index in [4.69, 9.17) is 10.00 Å². The van der Waals surface area contributed by atoms with E-state index in [-0.39, 0.29) is 0 Å². The largest absolute Gasteiger partial charge is 0.436 e. The molecule has 0 aromatic carbocycles. The van der Waals surface area contributed by atoms with Crippen LogP contribution in [0, 0.1) is 25.2 Å². The minimum Gasteiger partial charge on any atom is -0.436 e. The molecule has 0 saturated carbocycles.